The molecule has 22 heavy (non-hydrogen) atoms. The van der Waals surface area contributed by atoms with Gasteiger partial charge >= 0.3 is 0 Å². The van der Waals surface area contributed by atoms with Gasteiger partial charge < -0.3 is 9.80 Å². The summed E-state index contributed by atoms with van der Waals surface area (Å²) in [6.45, 7) is 8.62. The molecule has 1 saturated heterocycles. The largest absolute Gasteiger partial charge is 0.353 e. The molecule has 0 aliphatic carbocycles. The van der Waals surface area contributed by atoms with Crippen LogP contribution in [0.2, 0.25) is 0 Å². The summed E-state index contributed by atoms with van der Waals surface area (Å²) in [7, 11) is 0. The minimum absolute atomic E-state index is 0.130. The average Bonchev–Trinajstić information content (AvgIpc) is 2.86. The minimum Gasteiger partial charge on any atom is -0.353 e. The average molecular weight is 300 g/mol. The fourth-order valence-electron chi connectivity index (χ4n) is 2.74. The second-order valence-corrected chi connectivity index (χ2v) is 5.57. The highest BCUT2D eigenvalue weighted by Crippen LogP contribution is 2.17. The first-order valence-corrected chi connectivity index (χ1v) is 7.41. The smallest absolute Gasteiger partial charge is 0.219 e. The predicted octanol–water partition coefficient (Wildman–Crippen LogP) is 0.948. The lowest BCUT2D eigenvalue weighted by atomic mass is 10.3. The van der Waals surface area contributed by atoms with E-state index in [2.05, 4.69) is 20.0 Å². The molecule has 0 aromatic carbocycles. The maximum Gasteiger partial charge on any atom is 0.219 e. The zero-order valence-electron chi connectivity index (χ0n) is 13.2. The molecule has 1 aliphatic rings. The van der Waals surface area contributed by atoms with E-state index >= 15 is 0 Å². The molecule has 3 rings (SSSR count). The van der Waals surface area contributed by atoms with Crippen molar-refractivity contribution in [3.8, 4) is 5.82 Å². The Morgan fingerprint density at radius 1 is 1.05 bits per heavy atom. The molecule has 3 heterocycles. The second kappa shape index (κ2) is 5.75. The third-order valence-corrected chi connectivity index (χ3v) is 3.91. The van der Waals surface area contributed by atoms with Gasteiger partial charge in [-0.05, 0) is 19.9 Å². The SMILES string of the molecule is CC(=O)N1CCN(c2cc(-n3nc(C)cc3C)ncn2)CC1. The Kier molecular flexibility index (Phi) is 3.79. The van der Waals surface area contributed by atoms with E-state index in [1.54, 1.807) is 13.3 Å². The van der Waals surface area contributed by atoms with Gasteiger partial charge in [0, 0.05) is 44.9 Å². The van der Waals surface area contributed by atoms with E-state index in [0.717, 1.165) is 49.2 Å². The zero-order valence-corrected chi connectivity index (χ0v) is 13.2. The third kappa shape index (κ3) is 2.79. The maximum atomic E-state index is 11.4. The second-order valence-electron chi connectivity index (χ2n) is 5.57. The number of hydrogen-bond donors (Lipinski definition) is 0. The summed E-state index contributed by atoms with van der Waals surface area (Å²) < 4.78 is 1.83. The standard InChI is InChI=1S/C15H20N6O/c1-11-8-12(2)21(18-11)15-9-14(16-10-17-15)20-6-4-19(5-7-20)13(3)22/h8-10H,4-7H2,1-3H3. The Morgan fingerprint density at radius 3 is 2.32 bits per heavy atom. The van der Waals surface area contributed by atoms with E-state index in [1.807, 2.05) is 35.6 Å². The molecule has 7 nitrogen and oxygen atoms in total. The number of carbonyl (C=O) groups excluding carboxylic acids is 1. The monoisotopic (exact) mass is 300 g/mol. The van der Waals surface area contributed by atoms with Gasteiger partial charge in [-0.2, -0.15) is 5.10 Å². The number of amides is 1. The molecule has 0 radical (unpaired) electrons. The predicted molar refractivity (Wildman–Crippen MR) is 83.1 cm³/mol. The van der Waals surface area contributed by atoms with Crippen LogP contribution in [0.25, 0.3) is 5.82 Å². The Morgan fingerprint density at radius 2 is 1.73 bits per heavy atom. The summed E-state index contributed by atoms with van der Waals surface area (Å²) in [6.07, 6.45) is 1.57. The van der Waals surface area contributed by atoms with Crippen LogP contribution in [-0.2, 0) is 4.79 Å². The van der Waals surface area contributed by atoms with E-state index in [0.29, 0.717) is 0 Å². The normalized spacial score (nSPS) is 15.2. The number of aromatic nitrogens is 4. The zero-order chi connectivity index (χ0) is 15.7. The lowest BCUT2D eigenvalue weighted by molar-refractivity contribution is -0.129. The first kappa shape index (κ1) is 14.5. The summed E-state index contributed by atoms with van der Waals surface area (Å²) in [5, 5.41) is 4.46. The molecular formula is C15H20N6O. The van der Waals surface area contributed by atoms with Gasteiger partial charge in [0.1, 0.15) is 12.1 Å². The van der Waals surface area contributed by atoms with E-state index in [9.17, 15) is 4.79 Å². The fourth-order valence-corrected chi connectivity index (χ4v) is 2.74. The number of anilines is 1. The number of hydrogen-bond acceptors (Lipinski definition) is 5. The van der Waals surface area contributed by atoms with Crippen LogP contribution in [0.3, 0.4) is 0 Å². The maximum absolute atomic E-state index is 11.4. The summed E-state index contributed by atoms with van der Waals surface area (Å²) in [6, 6.07) is 3.97. The van der Waals surface area contributed by atoms with Crippen LogP contribution in [-0.4, -0.2) is 56.7 Å². The molecule has 1 amide bonds. The number of aryl methyl sites for hydroxylation is 2. The highest BCUT2D eigenvalue weighted by molar-refractivity contribution is 5.73. The number of carbonyl (C=O) groups is 1. The summed E-state index contributed by atoms with van der Waals surface area (Å²) in [5.74, 6) is 1.77. The van der Waals surface area contributed by atoms with Crippen LogP contribution >= 0.6 is 0 Å². The van der Waals surface area contributed by atoms with Crippen LogP contribution in [0.4, 0.5) is 5.82 Å². The summed E-state index contributed by atoms with van der Waals surface area (Å²) in [4.78, 5) is 24.1. The van der Waals surface area contributed by atoms with Crippen LogP contribution in [0.15, 0.2) is 18.5 Å². The molecule has 0 bridgehead atoms. The van der Waals surface area contributed by atoms with Crippen molar-refractivity contribution in [2.75, 3.05) is 31.1 Å². The summed E-state index contributed by atoms with van der Waals surface area (Å²) in [5.41, 5.74) is 2.01. The Bertz CT molecular complexity index is 687. The first-order valence-electron chi connectivity index (χ1n) is 7.41. The molecule has 0 spiro atoms. The van der Waals surface area contributed by atoms with Crippen molar-refractivity contribution >= 4 is 11.7 Å². The van der Waals surface area contributed by atoms with Gasteiger partial charge in [0.05, 0.1) is 5.69 Å². The molecule has 0 atom stereocenters. The molecule has 116 valence electrons. The molecule has 2 aromatic heterocycles. The van der Waals surface area contributed by atoms with Crippen LogP contribution in [0.1, 0.15) is 18.3 Å². The number of rotatable bonds is 2. The molecule has 0 saturated carbocycles. The molecular weight excluding hydrogens is 280 g/mol. The van der Waals surface area contributed by atoms with Gasteiger partial charge in [0.15, 0.2) is 5.82 Å². The quantitative estimate of drug-likeness (QED) is 0.826. The molecule has 0 unspecified atom stereocenters. The highest BCUT2D eigenvalue weighted by Gasteiger charge is 2.20. The molecule has 1 aliphatic heterocycles. The third-order valence-electron chi connectivity index (χ3n) is 3.91. The van der Waals surface area contributed by atoms with Crippen molar-refractivity contribution in [3.63, 3.8) is 0 Å². The molecule has 0 N–H and O–H groups in total. The van der Waals surface area contributed by atoms with Crippen molar-refractivity contribution in [1.29, 1.82) is 0 Å². The van der Waals surface area contributed by atoms with Crippen molar-refractivity contribution in [3.05, 3.63) is 29.8 Å². The van der Waals surface area contributed by atoms with Crippen molar-refractivity contribution in [2.45, 2.75) is 20.8 Å². The minimum atomic E-state index is 0.130. The number of piperazine rings is 1. The van der Waals surface area contributed by atoms with Gasteiger partial charge in [-0.3, -0.25) is 4.79 Å². The van der Waals surface area contributed by atoms with Gasteiger partial charge in [-0.1, -0.05) is 0 Å². The Labute approximate surface area is 129 Å². The van der Waals surface area contributed by atoms with Crippen LogP contribution in [0.5, 0.6) is 0 Å². The highest BCUT2D eigenvalue weighted by atomic mass is 16.2. The van der Waals surface area contributed by atoms with Gasteiger partial charge in [-0.15, -0.1) is 0 Å². The Balaban J connectivity index is 1.80. The van der Waals surface area contributed by atoms with E-state index in [4.69, 9.17) is 0 Å². The van der Waals surface area contributed by atoms with Crippen molar-refractivity contribution < 1.29 is 4.79 Å². The summed E-state index contributed by atoms with van der Waals surface area (Å²) >= 11 is 0. The van der Waals surface area contributed by atoms with E-state index in [1.165, 1.54) is 0 Å². The van der Waals surface area contributed by atoms with Crippen molar-refractivity contribution in [2.24, 2.45) is 0 Å². The van der Waals surface area contributed by atoms with E-state index in [-0.39, 0.29) is 5.91 Å². The lowest BCUT2D eigenvalue weighted by Gasteiger charge is -2.34. The molecule has 2 aromatic rings. The van der Waals surface area contributed by atoms with E-state index < -0.39 is 0 Å². The van der Waals surface area contributed by atoms with Gasteiger partial charge in [0.25, 0.3) is 0 Å². The topological polar surface area (TPSA) is 67.2 Å². The Hall–Kier alpha value is -2.44. The van der Waals surface area contributed by atoms with Crippen LogP contribution < -0.4 is 4.90 Å². The number of nitrogens with zero attached hydrogens (tertiary/aromatic N) is 6. The first-order chi connectivity index (χ1) is 10.5. The molecule has 1 fully saturated rings. The molecule has 7 heteroatoms. The lowest BCUT2D eigenvalue weighted by Crippen LogP contribution is -2.48. The van der Waals surface area contributed by atoms with Gasteiger partial charge in [-0.25, -0.2) is 14.6 Å². The fraction of sp³-hybridized carbons (Fsp3) is 0.467. The van der Waals surface area contributed by atoms with Gasteiger partial charge in [0.2, 0.25) is 5.91 Å². The van der Waals surface area contributed by atoms with Crippen molar-refractivity contribution in [1.82, 2.24) is 24.6 Å². The van der Waals surface area contributed by atoms with Crippen LogP contribution in [0, 0.1) is 13.8 Å².